The molecular weight excluding hydrogens is 188 g/mol. The Kier molecular flexibility index (Phi) is 5.58. The van der Waals surface area contributed by atoms with Crippen molar-refractivity contribution in [2.45, 2.75) is 58.2 Å². The topological polar surface area (TPSA) is 35.5 Å². The predicted molar refractivity (Wildman–Crippen MR) is 64.0 cm³/mol. The molecule has 3 heteroatoms. The lowest BCUT2D eigenvalue weighted by Gasteiger charge is -2.35. The SMILES string of the molecule is CC[C@H](O)CNC1CCN(C(C)C)CC1. The number of nitrogens with one attached hydrogen (secondary N) is 1. The van der Waals surface area contributed by atoms with Crippen LogP contribution in [0.3, 0.4) is 0 Å². The fourth-order valence-corrected chi connectivity index (χ4v) is 2.07. The van der Waals surface area contributed by atoms with Crippen molar-refractivity contribution in [2.75, 3.05) is 19.6 Å². The van der Waals surface area contributed by atoms with Crippen molar-refractivity contribution in [3.05, 3.63) is 0 Å². The van der Waals surface area contributed by atoms with Gasteiger partial charge in [-0.1, -0.05) is 6.92 Å². The molecule has 0 saturated carbocycles. The predicted octanol–water partition coefficient (Wildman–Crippen LogP) is 1.22. The third kappa shape index (κ3) is 4.49. The first-order valence-corrected chi connectivity index (χ1v) is 6.29. The zero-order valence-electron chi connectivity index (χ0n) is 10.4. The summed E-state index contributed by atoms with van der Waals surface area (Å²) < 4.78 is 0. The Labute approximate surface area is 93.9 Å². The Morgan fingerprint density at radius 1 is 1.33 bits per heavy atom. The Balaban J connectivity index is 2.14. The van der Waals surface area contributed by atoms with Gasteiger partial charge in [0.25, 0.3) is 0 Å². The summed E-state index contributed by atoms with van der Waals surface area (Å²) in [6, 6.07) is 1.29. The smallest absolute Gasteiger partial charge is 0.0662 e. The molecule has 0 aromatic rings. The molecule has 0 unspecified atom stereocenters. The van der Waals surface area contributed by atoms with Crippen molar-refractivity contribution in [2.24, 2.45) is 0 Å². The van der Waals surface area contributed by atoms with Gasteiger partial charge in [0.05, 0.1) is 6.10 Å². The van der Waals surface area contributed by atoms with Crippen LogP contribution in [-0.4, -0.2) is 47.8 Å². The number of piperidine rings is 1. The van der Waals surface area contributed by atoms with Crippen molar-refractivity contribution < 1.29 is 5.11 Å². The molecule has 1 atom stereocenters. The van der Waals surface area contributed by atoms with Crippen LogP contribution in [0.15, 0.2) is 0 Å². The third-order valence-electron chi connectivity index (χ3n) is 3.37. The molecule has 1 fully saturated rings. The average molecular weight is 214 g/mol. The van der Waals surface area contributed by atoms with Crippen LogP contribution < -0.4 is 5.32 Å². The summed E-state index contributed by atoms with van der Waals surface area (Å²) in [6.45, 7) is 9.68. The van der Waals surface area contributed by atoms with Gasteiger partial charge in [-0.05, 0) is 46.2 Å². The molecule has 15 heavy (non-hydrogen) atoms. The summed E-state index contributed by atoms with van der Waals surface area (Å²) in [5, 5.41) is 12.9. The molecule has 3 nitrogen and oxygen atoms in total. The van der Waals surface area contributed by atoms with E-state index in [4.69, 9.17) is 0 Å². The zero-order chi connectivity index (χ0) is 11.3. The summed E-state index contributed by atoms with van der Waals surface area (Å²) in [5.74, 6) is 0. The van der Waals surface area contributed by atoms with E-state index in [1.54, 1.807) is 0 Å². The van der Waals surface area contributed by atoms with E-state index in [1.165, 1.54) is 25.9 Å². The quantitative estimate of drug-likeness (QED) is 0.722. The number of nitrogens with zero attached hydrogens (tertiary/aromatic N) is 1. The molecule has 1 rings (SSSR count). The molecule has 1 saturated heterocycles. The maximum absolute atomic E-state index is 9.46. The highest BCUT2D eigenvalue weighted by Crippen LogP contribution is 2.12. The first-order valence-electron chi connectivity index (χ1n) is 6.29. The van der Waals surface area contributed by atoms with Crippen LogP contribution in [0.25, 0.3) is 0 Å². The number of aliphatic hydroxyl groups excluding tert-OH is 1. The van der Waals surface area contributed by atoms with Gasteiger partial charge in [0, 0.05) is 18.6 Å². The highest BCUT2D eigenvalue weighted by atomic mass is 16.3. The zero-order valence-corrected chi connectivity index (χ0v) is 10.4. The Hall–Kier alpha value is -0.120. The first kappa shape index (κ1) is 12.9. The highest BCUT2D eigenvalue weighted by Gasteiger charge is 2.20. The molecular formula is C12H26N2O. The van der Waals surface area contributed by atoms with Crippen LogP contribution in [0.2, 0.25) is 0 Å². The third-order valence-corrected chi connectivity index (χ3v) is 3.37. The van der Waals surface area contributed by atoms with Crippen LogP contribution in [-0.2, 0) is 0 Å². The normalized spacial score (nSPS) is 22.2. The second-order valence-corrected chi connectivity index (χ2v) is 4.87. The molecule has 1 aliphatic heterocycles. The summed E-state index contributed by atoms with van der Waals surface area (Å²) >= 11 is 0. The minimum atomic E-state index is -0.173. The van der Waals surface area contributed by atoms with Crippen LogP contribution in [0, 0.1) is 0 Å². The molecule has 1 heterocycles. The highest BCUT2D eigenvalue weighted by molar-refractivity contribution is 4.79. The molecule has 1 aliphatic rings. The lowest BCUT2D eigenvalue weighted by molar-refractivity contribution is 0.135. The van der Waals surface area contributed by atoms with Crippen molar-refractivity contribution in [3.63, 3.8) is 0 Å². The van der Waals surface area contributed by atoms with E-state index < -0.39 is 0 Å². The minimum absolute atomic E-state index is 0.173. The molecule has 0 aromatic heterocycles. The van der Waals surface area contributed by atoms with Crippen LogP contribution >= 0.6 is 0 Å². The maximum atomic E-state index is 9.46. The van der Waals surface area contributed by atoms with Crippen molar-refractivity contribution >= 4 is 0 Å². The summed E-state index contributed by atoms with van der Waals surface area (Å²) in [7, 11) is 0. The Morgan fingerprint density at radius 2 is 1.93 bits per heavy atom. The molecule has 0 spiro atoms. The van der Waals surface area contributed by atoms with Gasteiger partial charge in [0.2, 0.25) is 0 Å². The fourth-order valence-electron chi connectivity index (χ4n) is 2.07. The van der Waals surface area contributed by atoms with Crippen LogP contribution in [0.5, 0.6) is 0 Å². The maximum Gasteiger partial charge on any atom is 0.0662 e. The minimum Gasteiger partial charge on any atom is -0.392 e. The van der Waals surface area contributed by atoms with E-state index in [0.717, 1.165) is 13.0 Å². The number of likely N-dealkylation sites (tertiary alicyclic amines) is 1. The largest absolute Gasteiger partial charge is 0.392 e. The van der Waals surface area contributed by atoms with Crippen molar-refractivity contribution in [1.82, 2.24) is 10.2 Å². The van der Waals surface area contributed by atoms with E-state index in [-0.39, 0.29) is 6.10 Å². The number of rotatable bonds is 5. The van der Waals surface area contributed by atoms with Crippen LogP contribution in [0.4, 0.5) is 0 Å². The van der Waals surface area contributed by atoms with Gasteiger partial charge >= 0.3 is 0 Å². The van der Waals surface area contributed by atoms with E-state index in [0.29, 0.717) is 12.1 Å². The summed E-state index contributed by atoms with van der Waals surface area (Å²) in [4.78, 5) is 2.52. The molecule has 2 N–H and O–H groups in total. The van der Waals surface area contributed by atoms with E-state index in [2.05, 4.69) is 24.1 Å². The molecule has 0 radical (unpaired) electrons. The number of aliphatic hydroxyl groups is 1. The summed E-state index contributed by atoms with van der Waals surface area (Å²) in [5.41, 5.74) is 0. The Bertz CT molecular complexity index is 165. The van der Waals surface area contributed by atoms with Gasteiger partial charge in [0.15, 0.2) is 0 Å². The van der Waals surface area contributed by atoms with E-state index in [9.17, 15) is 5.11 Å². The first-order chi connectivity index (χ1) is 7.13. The lowest BCUT2D eigenvalue weighted by Crippen LogP contribution is -2.46. The lowest BCUT2D eigenvalue weighted by atomic mass is 10.0. The van der Waals surface area contributed by atoms with Gasteiger partial charge in [0.1, 0.15) is 0 Å². The molecule has 0 aromatic carbocycles. The second-order valence-electron chi connectivity index (χ2n) is 4.87. The standard InChI is InChI=1S/C12H26N2O/c1-4-12(15)9-13-11-5-7-14(8-6-11)10(2)3/h10-13,15H,4-9H2,1-3H3/t12-/m0/s1. The van der Waals surface area contributed by atoms with Crippen LogP contribution in [0.1, 0.15) is 40.0 Å². The molecule has 0 aliphatic carbocycles. The monoisotopic (exact) mass is 214 g/mol. The van der Waals surface area contributed by atoms with E-state index >= 15 is 0 Å². The van der Waals surface area contributed by atoms with E-state index in [1.807, 2.05) is 6.92 Å². The van der Waals surface area contributed by atoms with Gasteiger partial charge < -0.3 is 15.3 Å². The number of hydrogen-bond acceptors (Lipinski definition) is 3. The second kappa shape index (κ2) is 6.46. The Morgan fingerprint density at radius 3 is 2.40 bits per heavy atom. The molecule has 0 bridgehead atoms. The van der Waals surface area contributed by atoms with Crippen molar-refractivity contribution in [3.8, 4) is 0 Å². The molecule has 0 amide bonds. The van der Waals surface area contributed by atoms with Gasteiger partial charge in [-0.25, -0.2) is 0 Å². The van der Waals surface area contributed by atoms with Crippen molar-refractivity contribution in [1.29, 1.82) is 0 Å². The average Bonchev–Trinajstić information content (AvgIpc) is 2.26. The number of hydrogen-bond donors (Lipinski definition) is 2. The van der Waals surface area contributed by atoms with Gasteiger partial charge in [-0.3, -0.25) is 0 Å². The van der Waals surface area contributed by atoms with Gasteiger partial charge in [-0.2, -0.15) is 0 Å². The van der Waals surface area contributed by atoms with Gasteiger partial charge in [-0.15, -0.1) is 0 Å². The fraction of sp³-hybridized carbons (Fsp3) is 1.00. The summed E-state index contributed by atoms with van der Waals surface area (Å²) in [6.07, 6.45) is 3.11. The molecule has 90 valence electrons.